The van der Waals surface area contributed by atoms with Gasteiger partial charge in [0.25, 0.3) is 10.0 Å². The van der Waals surface area contributed by atoms with Gasteiger partial charge in [-0.1, -0.05) is 29.3 Å². The average Bonchev–Trinajstić information content (AvgIpc) is 2.34. The minimum Gasteiger partial charge on any atom is -0.280 e. The number of halogens is 2. The standard InChI is InChI=1S/C13H11ClINO2S/c1-9-2-5-11(6-3-9)19(17,18)16-10-4-7-13(15)12(14)8-10/h2-8,16H,1H3. The molecule has 1 N–H and O–H groups in total. The molecule has 100 valence electrons. The molecule has 0 bridgehead atoms. The van der Waals surface area contributed by atoms with Crippen molar-refractivity contribution in [2.24, 2.45) is 0 Å². The van der Waals surface area contributed by atoms with Crippen molar-refractivity contribution in [2.45, 2.75) is 11.8 Å². The van der Waals surface area contributed by atoms with Crippen molar-refractivity contribution >= 4 is 49.9 Å². The van der Waals surface area contributed by atoms with E-state index in [0.29, 0.717) is 10.7 Å². The van der Waals surface area contributed by atoms with E-state index in [0.717, 1.165) is 9.13 Å². The molecule has 0 amide bonds. The fraction of sp³-hybridized carbons (Fsp3) is 0.0769. The van der Waals surface area contributed by atoms with Gasteiger partial charge in [0.15, 0.2) is 0 Å². The second-order valence-corrected chi connectivity index (χ2v) is 7.30. The smallest absolute Gasteiger partial charge is 0.261 e. The number of rotatable bonds is 3. The summed E-state index contributed by atoms with van der Waals surface area (Å²) in [6.45, 7) is 1.91. The van der Waals surface area contributed by atoms with Gasteiger partial charge >= 0.3 is 0 Å². The summed E-state index contributed by atoms with van der Waals surface area (Å²) >= 11 is 8.05. The number of sulfonamides is 1. The highest BCUT2D eigenvalue weighted by atomic mass is 127. The number of benzene rings is 2. The molecule has 0 aromatic heterocycles. The van der Waals surface area contributed by atoms with Crippen molar-refractivity contribution in [3.05, 3.63) is 56.6 Å². The Morgan fingerprint density at radius 3 is 2.32 bits per heavy atom. The van der Waals surface area contributed by atoms with Crippen molar-refractivity contribution < 1.29 is 8.42 Å². The van der Waals surface area contributed by atoms with E-state index >= 15 is 0 Å². The van der Waals surface area contributed by atoms with Crippen LogP contribution in [0.1, 0.15) is 5.56 Å². The summed E-state index contributed by atoms with van der Waals surface area (Å²) in [5, 5.41) is 0.518. The summed E-state index contributed by atoms with van der Waals surface area (Å²) < 4.78 is 27.7. The number of aryl methyl sites for hydroxylation is 1. The molecule has 2 aromatic rings. The Morgan fingerprint density at radius 2 is 1.74 bits per heavy atom. The van der Waals surface area contributed by atoms with Gasteiger partial charge in [0, 0.05) is 3.57 Å². The van der Waals surface area contributed by atoms with E-state index < -0.39 is 10.0 Å². The predicted molar refractivity (Wildman–Crippen MR) is 86.2 cm³/mol. The van der Waals surface area contributed by atoms with E-state index in [4.69, 9.17) is 11.6 Å². The quantitative estimate of drug-likeness (QED) is 0.780. The highest BCUT2D eigenvalue weighted by Gasteiger charge is 2.14. The van der Waals surface area contributed by atoms with Crippen LogP contribution in [0.5, 0.6) is 0 Å². The molecule has 0 spiro atoms. The maximum atomic E-state index is 12.2. The van der Waals surface area contributed by atoms with Crippen LogP contribution in [0, 0.1) is 10.5 Å². The highest BCUT2D eigenvalue weighted by Crippen LogP contribution is 2.24. The van der Waals surface area contributed by atoms with Gasteiger partial charge in [-0.3, -0.25) is 4.72 Å². The van der Waals surface area contributed by atoms with Crippen molar-refractivity contribution in [1.82, 2.24) is 0 Å². The van der Waals surface area contributed by atoms with Gasteiger partial charge in [-0.15, -0.1) is 0 Å². The van der Waals surface area contributed by atoms with Gasteiger partial charge in [-0.05, 0) is 59.8 Å². The maximum Gasteiger partial charge on any atom is 0.261 e. The molecule has 0 unspecified atom stereocenters. The van der Waals surface area contributed by atoms with Gasteiger partial charge in [-0.2, -0.15) is 0 Å². The number of hydrogen-bond acceptors (Lipinski definition) is 2. The molecule has 2 aromatic carbocycles. The molecule has 2 rings (SSSR count). The summed E-state index contributed by atoms with van der Waals surface area (Å²) in [6, 6.07) is 11.7. The molecule has 0 fully saturated rings. The lowest BCUT2D eigenvalue weighted by molar-refractivity contribution is 0.601. The van der Waals surface area contributed by atoms with Crippen molar-refractivity contribution in [3.63, 3.8) is 0 Å². The SMILES string of the molecule is Cc1ccc(S(=O)(=O)Nc2ccc(I)c(Cl)c2)cc1. The lowest BCUT2D eigenvalue weighted by atomic mass is 10.2. The summed E-state index contributed by atoms with van der Waals surface area (Å²) in [4.78, 5) is 0.229. The van der Waals surface area contributed by atoms with E-state index in [-0.39, 0.29) is 4.90 Å². The van der Waals surface area contributed by atoms with E-state index in [9.17, 15) is 8.42 Å². The topological polar surface area (TPSA) is 46.2 Å². The van der Waals surface area contributed by atoms with Crippen LogP contribution < -0.4 is 4.72 Å². The first-order valence-electron chi connectivity index (χ1n) is 5.43. The molecule has 0 aliphatic heterocycles. The van der Waals surface area contributed by atoms with E-state index in [1.807, 2.05) is 6.92 Å². The summed E-state index contributed by atoms with van der Waals surface area (Å²) in [7, 11) is -3.57. The normalized spacial score (nSPS) is 11.3. The number of hydrogen-bond donors (Lipinski definition) is 1. The molecule has 0 atom stereocenters. The molecular weight excluding hydrogens is 397 g/mol. The Bertz CT molecular complexity index is 699. The van der Waals surface area contributed by atoms with Gasteiger partial charge < -0.3 is 0 Å². The van der Waals surface area contributed by atoms with Gasteiger partial charge in [0.2, 0.25) is 0 Å². The Balaban J connectivity index is 2.30. The van der Waals surface area contributed by atoms with Gasteiger partial charge in [0.05, 0.1) is 15.6 Å². The zero-order valence-electron chi connectivity index (χ0n) is 10.0. The third-order valence-electron chi connectivity index (χ3n) is 2.50. The van der Waals surface area contributed by atoms with Crippen LogP contribution in [0.4, 0.5) is 5.69 Å². The minimum atomic E-state index is -3.57. The summed E-state index contributed by atoms with van der Waals surface area (Å²) in [6.07, 6.45) is 0. The average molecular weight is 408 g/mol. The fourth-order valence-electron chi connectivity index (χ4n) is 1.49. The first-order chi connectivity index (χ1) is 8.88. The molecule has 0 saturated carbocycles. The summed E-state index contributed by atoms with van der Waals surface area (Å²) in [5.74, 6) is 0. The molecule has 0 radical (unpaired) electrons. The predicted octanol–water partition coefficient (Wildman–Crippen LogP) is 4.05. The van der Waals surface area contributed by atoms with Crippen molar-refractivity contribution in [2.75, 3.05) is 4.72 Å². The molecule has 19 heavy (non-hydrogen) atoms. The van der Waals surface area contributed by atoms with Crippen LogP contribution in [-0.4, -0.2) is 8.42 Å². The number of nitrogens with one attached hydrogen (secondary N) is 1. The Hall–Kier alpha value is -0.790. The highest BCUT2D eigenvalue weighted by molar-refractivity contribution is 14.1. The minimum absolute atomic E-state index is 0.229. The van der Waals surface area contributed by atoms with E-state index in [1.165, 1.54) is 0 Å². The Morgan fingerprint density at radius 1 is 1.11 bits per heavy atom. The lowest BCUT2D eigenvalue weighted by Gasteiger charge is -2.09. The van der Waals surface area contributed by atoms with Crippen LogP contribution in [0.2, 0.25) is 5.02 Å². The van der Waals surface area contributed by atoms with Crippen molar-refractivity contribution in [3.8, 4) is 0 Å². The largest absolute Gasteiger partial charge is 0.280 e. The molecule has 0 heterocycles. The second kappa shape index (κ2) is 5.68. The molecule has 0 saturated heterocycles. The Labute approximate surface area is 131 Å². The monoisotopic (exact) mass is 407 g/mol. The summed E-state index contributed by atoms with van der Waals surface area (Å²) in [5.41, 5.74) is 1.46. The lowest BCUT2D eigenvalue weighted by Crippen LogP contribution is -2.12. The van der Waals surface area contributed by atoms with Crippen LogP contribution in [0.3, 0.4) is 0 Å². The van der Waals surface area contributed by atoms with E-state index in [2.05, 4.69) is 27.3 Å². The third-order valence-corrected chi connectivity index (χ3v) is 5.47. The zero-order valence-corrected chi connectivity index (χ0v) is 13.8. The molecule has 0 aliphatic rings. The molecule has 6 heteroatoms. The molecular formula is C13H11ClINO2S. The molecule has 3 nitrogen and oxygen atoms in total. The van der Waals surface area contributed by atoms with E-state index in [1.54, 1.807) is 42.5 Å². The fourth-order valence-corrected chi connectivity index (χ4v) is 3.06. The van der Waals surface area contributed by atoms with Crippen molar-refractivity contribution in [1.29, 1.82) is 0 Å². The first-order valence-corrected chi connectivity index (χ1v) is 8.37. The van der Waals surface area contributed by atoms with Crippen LogP contribution in [-0.2, 0) is 10.0 Å². The second-order valence-electron chi connectivity index (χ2n) is 4.05. The maximum absolute atomic E-state index is 12.2. The van der Waals surface area contributed by atoms with Gasteiger partial charge in [0.1, 0.15) is 0 Å². The van der Waals surface area contributed by atoms with Crippen LogP contribution in [0.15, 0.2) is 47.4 Å². The van der Waals surface area contributed by atoms with Crippen LogP contribution >= 0.6 is 34.2 Å². The van der Waals surface area contributed by atoms with Crippen LogP contribution in [0.25, 0.3) is 0 Å². The zero-order chi connectivity index (χ0) is 14.0. The molecule has 0 aliphatic carbocycles. The number of anilines is 1. The first kappa shape index (κ1) is 14.6. The Kier molecular flexibility index (Phi) is 4.37. The van der Waals surface area contributed by atoms with Gasteiger partial charge in [-0.25, -0.2) is 8.42 Å². The third kappa shape index (κ3) is 3.61.